The summed E-state index contributed by atoms with van der Waals surface area (Å²) in [6, 6.07) is 5.80. The molecule has 8 heteroatoms. The molecule has 0 radical (unpaired) electrons. The van der Waals surface area contributed by atoms with Crippen molar-refractivity contribution in [1.82, 2.24) is 0 Å². The second kappa shape index (κ2) is 6.99. The second-order valence-electron chi connectivity index (χ2n) is 4.98. The third-order valence-corrected chi connectivity index (χ3v) is 4.30. The summed E-state index contributed by atoms with van der Waals surface area (Å²) in [5.41, 5.74) is 0.560. The highest BCUT2D eigenvalue weighted by atomic mass is 32.2. The minimum absolute atomic E-state index is 0.0262. The fourth-order valence-corrected chi connectivity index (χ4v) is 2.67. The number of quaternary nitrogens is 1. The molecule has 0 unspecified atom stereocenters. The van der Waals surface area contributed by atoms with Crippen LogP contribution in [-0.2, 0) is 19.6 Å². The van der Waals surface area contributed by atoms with Gasteiger partial charge in [0.2, 0.25) is 15.9 Å². The molecule has 116 valence electrons. The van der Waals surface area contributed by atoms with E-state index in [0.717, 1.165) is 32.8 Å². The summed E-state index contributed by atoms with van der Waals surface area (Å²) in [5, 5.41) is 7.75. The van der Waals surface area contributed by atoms with Crippen LogP contribution in [0.5, 0.6) is 0 Å². The highest BCUT2D eigenvalue weighted by Gasteiger charge is 2.15. The number of amides is 1. The molecule has 4 N–H and O–H groups in total. The Kier molecular flexibility index (Phi) is 5.29. The minimum atomic E-state index is -3.70. The molecule has 0 spiro atoms. The number of hydrogen-bond donors (Lipinski definition) is 3. The van der Waals surface area contributed by atoms with Gasteiger partial charge in [-0.3, -0.25) is 4.79 Å². The zero-order valence-corrected chi connectivity index (χ0v) is 12.5. The molecule has 1 amide bonds. The molecule has 2 rings (SSSR count). The van der Waals surface area contributed by atoms with Gasteiger partial charge in [-0.2, -0.15) is 0 Å². The molecule has 0 aromatic heterocycles. The monoisotopic (exact) mass is 314 g/mol. The zero-order chi connectivity index (χ0) is 15.3. The summed E-state index contributed by atoms with van der Waals surface area (Å²) >= 11 is 0. The normalized spacial score (nSPS) is 16.6. The van der Waals surface area contributed by atoms with Crippen LogP contribution in [0.15, 0.2) is 29.2 Å². The molecule has 0 bridgehead atoms. The SMILES string of the molecule is NS(=O)(=O)c1ccc(NC(=O)CC[NH+]2CCOCC2)cc1. The predicted molar refractivity (Wildman–Crippen MR) is 77.4 cm³/mol. The topological polar surface area (TPSA) is 103 Å². The van der Waals surface area contributed by atoms with Crippen LogP contribution >= 0.6 is 0 Å². The lowest BCUT2D eigenvalue weighted by Crippen LogP contribution is -3.14. The average molecular weight is 314 g/mol. The first-order valence-corrected chi connectivity index (χ1v) is 8.34. The lowest BCUT2D eigenvalue weighted by atomic mass is 10.3. The third-order valence-electron chi connectivity index (χ3n) is 3.37. The van der Waals surface area contributed by atoms with Gasteiger partial charge in [-0.15, -0.1) is 0 Å². The summed E-state index contributed by atoms with van der Waals surface area (Å²) in [6.45, 7) is 4.11. The zero-order valence-electron chi connectivity index (χ0n) is 11.7. The molecule has 7 nitrogen and oxygen atoms in total. The van der Waals surface area contributed by atoms with Gasteiger partial charge in [0, 0.05) is 5.69 Å². The maximum absolute atomic E-state index is 11.8. The van der Waals surface area contributed by atoms with Crippen LogP contribution in [0.1, 0.15) is 6.42 Å². The predicted octanol–water partition coefficient (Wildman–Crippen LogP) is -1.42. The quantitative estimate of drug-likeness (QED) is 0.620. The summed E-state index contributed by atoms with van der Waals surface area (Å²) < 4.78 is 27.5. The third kappa shape index (κ3) is 5.09. The van der Waals surface area contributed by atoms with Crippen LogP contribution in [0, 0.1) is 0 Å². The van der Waals surface area contributed by atoms with E-state index in [1.165, 1.54) is 29.2 Å². The van der Waals surface area contributed by atoms with Crippen LogP contribution < -0.4 is 15.4 Å². The smallest absolute Gasteiger partial charge is 0.238 e. The molecule has 1 aliphatic heterocycles. The van der Waals surface area contributed by atoms with Crippen LogP contribution in [-0.4, -0.2) is 47.2 Å². The molecule has 1 heterocycles. The Bertz CT molecular complexity index is 580. The maximum Gasteiger partial charge on any atom is 0.238 e. The van der Waals surface area contributed by atoms with Crippen molar-refractivity contribution in [2.24, 2.45) is 5.14 Å². The number of nitrogens with two attached hydrogens (primary N) is 1. The Morgan fingerprint density at radius 3 is 2.43 bits per heavy atom. The number of anilines is 1. The van der Waals surface area contributed by atoms with Crippen LogP contribution in [0.3, 0.4) is 0 Å². The molecule has 1 aromatic carbocycles. The number of hydrogen-bond acceptors (Lipinski definition) is 4. The van der Waals surface area contributed by atoms with Gasteiger partial charge in [-0.25, -0.2) is 13.6 Å². The molecule has 0 saturated carbocycles. The van der Waals surface area contributed by atoms with E-state index >= 15 is 0 Å². The van der Waals surface area contributed by atoms with Gasteiger partial charge in [0.1, 0.15) is 13.1 Å². The lowest BCUT2D eigenvalue weighted by molar-refractivity contribution is -0.907. The first-order chi connectivity index (χ1) is 9.95. The van der Waals surface area contributed by atoms with E-state index in [-0.39, 0.29) is 10.8 Å². The van der Waals surface area contributed by atoms with Gasteiger partial charge < -0.3 is 15.0 Å². The van der Waals surface area contributed by atoms with Crippen molar-refractivity contribution in [2.45, 2.75) is 11.3 Å². The number of carbonyl (C=O) groups excluding carboxylic acids is 1. The summed E-state index contributed by atoms with van der Waals surface area (Å²) in [5.74, 6) is -0.0858. The fourth-order valence-electron chi connectivity index (χ4n) is 2.15. The highest BCUT2D eigenvalue weighted by molar-refractivity contribution is 7.89. The lowest BCUT2D eigenvalue weighted by Gasteiger charge is -2.23. The largest absolute Gasteiger partial charge is 0.370 e. The van der Waals surface area contributed by atoms with Crippen molar-refractivity contribution >= 4 is 21.6 Å². The first kappa shape index (κ1) is 15.9. The molecule has 1 aromatic rings. The van der Waals surface area contributed by atoms with Crippen LogP contribution in [0.4, 0.5) is 5.69 Å². The average Bonchev–Trinajstić information content (AvgIpc) is 2.46. The van der Waals surface area contributed by atoms with E-state index in [0.29, 0.717) is 12.1 Å². The molecule has 0 atom stereocenters. The Labute approximate surface area is 124 Å². The standard InChI is InChI=1S/C13H19N3O4S/c14-21(18,19)12-3-1-11(2-4-12)15-13(17)5-6-16-7-9-20-10-8-16/h1-4H,5-10H2,(H,15,17)(H2,14,18,19)/p+1. The molecule has 21 heavy (non-hydrogen) atoms. The van der Waals surface area contributed by atoms with Crippen molar-refractivity contribution in [3.05, 3.63) is 24.3 Å². The number of ether oxygens (including phenoxy) is 1. The highest BCUT2D eigenvalue weighted by Crippen LogP contribution is 2.12. The number of benzene rings is 1. The van der Waals surface area contributed by atoms with Crippen LogP contribution in [0.25, 0.3) is 0 Å². The number of rotatable bonds is 5. The number of sulfonamides is 1. The van der Waals surface area contributed by atoms with Crippen molar-refractivity contribution in [2.75, 3.05) is 38.2 Å². The van der Waals surface area contributed by atoms with Gasteiger partial charge in [0.05, 0.1) is 31.1 Å². The van der Waals surface area contributed by atoms with E-state index < -0.39 is 10.0 Å². The number of carbonyl (C=O) groups is 1. The van der Waals surface area contributed by atoms with Crippen molar-refractivity contribution < 1.29 is 22.8 Å². The molecule has 1 fully saturated rings. The number of nitrogens with one attached hydrogen (secondary N) is 2. The molecule has 1 aliphatic rings. The van der Waals surface area contributed by atoms with Gasteiger partial charge >= 0.3 is 0 Å². The Balaban J connectivity index is 1.82. The Morgan fingerprint density at radius 2 is 1.86 bits per heavy atom. The van der Waals surface area contributed by atoms with Crippen molar-refractivity contribution in [1.29, 1.82) is 0 Å². The first-order valence-electron chi connectivity index (χ1n) is 6.79. The van der Waals surface area contributed by atoms with Gasteiger partial charge in [-0.05, 0) is 24.3 Å². The fraction of sp³-hybridized carbons (Fsp3) is 0.462. The van der Waals surface area contributed by atoms with Crippen molar-refractivity contribution in [3.63, 3.8) is 0 Å². The molecular weight excluding hydrogens is 294 g/mol. The van der Waals surface area contributed by atoms with Gasteiger partial charge in [-0.1, -0.05) is 0 Å². The van der Waals surface area contributed by atoms with Crippen molar-refractivity contribution in [3.8, 4) is 0 Å². The van der Waals surface area contributed by atoms with E-state index in [1.807, 2.05) is 0 Å². The number of morpholine rings is 1. The van der Waals surface area contributed by atoms with Gasteiger partial charge in [0.15, 0.2) is 0 Å². The van der Waals surface area contributed by atoms with Crippen LogP contribution in [0.2, 0.25) is 0 Å². The van der Waals surface area contributed by atoms with E-state index in [9.17, 15) is 13.2 Å². The Hall–Kier alpha value is -1.48. The summed E-state index contributed by atoms with van der Waals surface area (Å²) in [7, 11) is -3.70. The summed E-state index contributed by atoms with van der Waals surface area (Å²) in [4.78, 5) is 13.2. The molecular formula is C13H20N3O4S+. The Morgan fingerprint density at radius 1 is 1.24 bits per heavy atom. The maximum atomic E-state index is 11.8. The van der Waals surface area contributed by atoms with E-state index in [2.05, 4.69) is 5.32 Å². The minimum Gasteiger partial charge on any atom is -0.370 e. The van der Waals surface area contributed by atoms with E-state index in [4.69, 9.17) is 9.88 Å². The molecule has 0 aliphatic carbocycles. The summed E-state index contributed by atoms with van der Waals surface area (Å²) in [6.07, 6.45) is 0.423. The van der Waals surface area contributed by atoms with E-state index in [1.54, 1.807) is 0 Å². The van der Waals surface area contributed by atoms with Gasteiger partial charge in [0.25, 0.3) is 0 Å². The second-order valence-corrected chi connectivity index (χ2v) is 6.54. The number of primary sulfonamides is 1. The molecule has 1 saturated heterocycles.